The van der Waals surface area contributed by atoms with Crippen LogP contribution in [0.1, 0.15) is 63.4 Å². The molecule has 0 spiro atoms. The molecule has 2 aromatic rings. The summed E-state index contributed by atoms with van der Waals surface area (Å²) in [6, 6.07) is 10.7. The van der Waals surface area contributed by atoms with Crippen molar-refractivity contribution in [3.8, 4) is 0 Å². The second-order valence-corrected chi connectivity index (χ2v) is 20.5. The van der Waals surface area contributed by atoms with Gasteiger partial charge >= 0.3 is 6.09 Å². The smallest absolute Gasteiger partial charge is 0.407 e. The molecule has 1 N–H and O–H groups in total. The molecule has 11 nitrogen and oxygen atoms in total. The number of amides is 2. The zero-order valence-electron chi connectivity index (χ0n) is 34.9. The Bertz CT molecular complexity index is 1990. The SMILES string of the molecule is COC(=O)N[C@H]1CCC[C@@H]1C(CN1CCC1)(c1cccc(F)c1)C1CCN(CC2(F)CN(c3ccc(S(=O)(=O)C4CN(C(=O)/C=C/CN5CCCCC5)C4)cc3F)C2)CC1. The molecule has 2 aromatic carbocycles. The number of carbonyl (C=O) groups is 2. The van der Waals surface area contributed by atoms with Crippen LogP contribution in [-0.4, -0.2) is 149 Å². The van der Waals surface area contributed by atoms with Gasteiger partial charge in [-0.25, -0.2) is 26.4 Å². The van der Waals surface area contributed by atoms with Crippen LogP contribution in [0.15, 0.2) is 59.5 Å². The number of ether oxygens (including phenoxy) is 1. The lowest BCUT2D eigenvalue weighted by atomic mass is 9.57. The molecule has 0 radical (unpaired) electrons. The van der Waals surface area contributed by atoms with Gasteiger partial charge in [0.2, 0.25) is 5.91 Å². The Balaban J connectivity index is 0.871. The molecule has 5 saturated heterocycles. The van der Waals surface area contributed by atoms with Gasteiger partial charge in [-0.15, -0.1) is 0 Å². The van der Waals surface area contributed by atoms with Gasteiger partial charge in [0.05, 0.1) is 30.8 Å². The highest BCUT2D eigenvalue weighted by molar-refractivity contribution is 7.92. The standard InChI is InChI=1S/C45H61F3N6O5S/c1-59-43(56)49-40-12-6-11-38(40)45(32-51-21-8-22-51,34-9-5-10-35(46)25-34)33-16-23-52(24-17-33)29-44(48)30-54(31-44)41-15-14-36(26-39(41)47)60(57,58)37-27-53(28-37)42(55)13-7-20-50-18-3-2-4-19-50/h5,7,9-10,13-15,25-26,33,37-38,40H,2-4,6,8,11-12,16-24,27-32H2,1H3,(H,49,56)/b13-7+/t38-,40-,45?/m0/s1. The zero-order chi connectivity index (χ0) is 42.1. The summed E-state index contributed by atoms with van der Waals surface area (Å²) in [4.78, 5) is 35.0. The number of alkyl carbamates (subject to hydrolysis) is 1. The van der Waals surface area contributed by atoms with Gasteiger partial charge in [0.1, 0.15) is 16.9 Å². The molecule has 8 rings (SSSR count). The second-order valence-electron chi connectivity index (χ2n) is 18.3. The number of nitrogens with zero attached hydrogens (tertiary/aromatic N) is 5. The van der Waals surface area contributed by atoms with Crippen LogP contribution in [0, 0.1) is 23.5 Å². The first-order valence-corrected chi connectivity index (χ1v) is 23.6. The summed E-state index contributed by atoms with van der Waals surface area (Å²) >= 11 is 0. The van der Waals surface area contributed by atoms with Gasteiger partial charge in [-0.1, -0.05) is 31.1 Å². The maximum absolute atomic E-state index is 16.3. The molecule has 5 heterocycles. The number of carbonyl (C=O) groups excluding carboxylic acids is 2. The lowest BCUT2D eigenvalue weighted by molar-refractivity contribution is -0.129. The Morgan fingerprint density at radius 2 is 1.62 bits per heavy atom. The molecule has 1 aliphatic carbocycles. The third-order valence-electron chi connectivity index (χ3n) is 14.5. The van der Waals surface area contributed by atoms with Crippen molar-refractivity contribution in [1.29, 1.82) is 0 Å². The lowest BCUT2D eigenvalue weighted by Crippen LogP contribution is -2.65. The van der Waals surface area contributed by atoms with E-state index in [4.69, 9.17) is 4.74 Å². The van der Waals surface area contributed by atoms with Gasteiger partial charge in [0.25, 0.3) is 0 Å². The van der Waals surface area contributed by atoms with E-state index in [0.717, 1.165) is 95.7 Å². The molecule has 1 saturated carbocycles. The number of piperidine rings is 2. The number of methoxy groups -OCH3 is 1. The average Bonchev–Trinajstić information content (AvgIpc) is 3.65. The number of hydrogen-bond donors (Lipinski definition) is 1. The fourth-order valence-electron chi connectivity index (χ4n) is 11.1. The molecule has 6 aliphatic rings. The molecule has 328 valence electrons. The van der Waals surface area contributed by atoms with Gasteiger partial charge in [-0.05, 0) is 132 Å². The van der Waals surface area contributed by atoms with Crippen molar-refractivity contribution in [2.45, 2.75) is 85.1 Å². The third-order valence-corrected chi connectivity index (χ3v) is 16.6. The Kier molecular flexibility index (Phi) is 12.9. The first kappa shape index (κ1) is 43.0. The van der Waals surface area contributed by atoms with Crippen LogP contribution in [0.4, 0.5) is 23.7 Å². The van der Waals surface area contributed by atoms with Gasteiger partial charge in [-0.2, -0.15) is 0 Å². The minimum absolute atomic E-state index is 0.00788. The molecular weight excluding hydrogens is 794 g/mol. The number of anilines is 1. The largest absolute Gasteiger partial charge is 0.453 e. The summed E-state index contributed by atoms with van der Waals surface area (Å²) in [5, 5.41) is 2.32. The Morgan fingerprint density at radius 3 is 2.28 bits per heavy atom. The molecule has 6 fully saturated rings. The van der Waals surface area contributed by atoms with Crippen molar-refractivity contribution < 1.29 is 35.9 Å². The summed E-state index contributed by atoms with van der Waals surface area (Å²) in [7, 11) is -2.49. The summed E-state index contributed by atoms with van der Waals surface area (Å²) in [5.41, 5.74) is -0.854. The molecule has 0 aromatic heterocycles. The quantitative estimate of drug-likeness (QED) is 0.251. The summed E-state index contributed by atoms with van der Waals surface area (Å²) in [6.45, 7) is 7.10. The monoisotopic (exact) mass is 854 g/mol. The van der Waals surface area contributed by atoms with Gasteiger partial charge in [-0.3, -0.25) is 14.6 Å². The third kappa shape index (κ3) is 8.96. The average molecular weight is 855 g/mol. The highest BCUT2D eigenvalue weighted by atomic mass is 32.2. The topological polar surface area (TPSA) is 106 Å². The van der Waals surface area contributed by atoms with Crippen LogP contribution in [0.5, 0.6) is 0 Å². The van der Waals surface area contributed by atoms with Crippen molar-refractivity contribution in [3.63, 3.8) is 0 Å². The van der Waals surface area contributed by atoms with Crippen molar-refractivity contribution in [2.24, 2.45) is 11.8 Å². The molecule has 3 atom stereocenters. The molecular formula is C45H61F3N6O5S. The number of likely N-dealkylation sites (tertiary alicyclic amines) is 4. The molecule has 60 heavy (non-hydrogen) atoms. The molecule has 1 unspecified atom stereocenters. The van der Waals surface area contributed by atoms with Crippen molar-refractivity contribution >= 4 is 27.5 Å². The summed E-state index contributed by atoms with van der Waals surface area (Å²) in [5.74, 6) is -0.959. The fraction of sp³-hybridized carbons (Fsp3) is 0.644. The van der Waals surface area contributed by atoms with Crippen LogP contribution < -0.4 is 10.2 Å². The first-order valence-electron chi connectivity index (χ1n) is 22.1. The second kappa shape index (κ2) is 18.0. The zero-order valence-corrected chi connectivity index (χ0v) is 35.7. The maximum atomic E-state index is 16.3. The van der Waals surface area contributed by atoms with E-state index in [-0.39, 0.29) is 72.9 Å². The molecule has 0 bridgehead atoms. The minimum atomic E-state index is -3.87. The number of benzene rings is 2. The van der Waals surface area contributed by atoms with Crippen LogP contribution in [-0.2, 0) is 24.8 Å². The predicted molar refractivity (Wildman–Crippen MR) is 224 cm³/mol. The number of sulfone groups is 1. The fourth-order valence-corrected chi connectivity index (χ4v) is 12.8. The number of alkyl halides is 1. The van der Waals surface area contributed by atoms with E-state index in [0.29, 0.717) is 19.6 Å². The molecule has 15 heteroatoms. The van der Waals surface area contributed by atoms with Gasteiger partial charge in [0.15, 0.2) is 15.5 Å². The van der Waals surface area contributed by atoms with Crippen LogP contribution in [0.3, 0.4) is 0 Å². The number of nitrogens with one attached hydrogen (secondary N) is 1. The van der Waals surface area contributed by atoms with Crippen LogP contribution >= 0.6 is 0 Å². The summed E-state index contributed by atoms with van der Waals surface area (Å²) in [6.07, 6.45) is 11.8. The first-order chi connectivity index (χ1) is 28.9. The normalized spacial score (nSPS) is 25.7. The van der Waals surface area contributed by atoms with E-state index < -0.39 is 38.1 Å². The van der Waals surface area contributed by atoms with E-state index in [2.05, 4.69) is 20.0 Å². The Morgan fingerprint density at radius 1 is 0.883 bits per heavy atom. The number of hydrogen-bond acceptors (Lipinski definition) is 9. The minimum Gasteiger partial charge on any atom is -0.453 e. The molecule has 5 aliphatic heterocycles. The lowest BCUT2D eigenvalue weighted by Gasteiger charge is -2.54. The van der Waals surface area contributed by atoms with Gasteiger partial charge in [0, 0.05) is 50.3 Å². The van der Waals surface area contributed by atoms with Crippen LogP contribution in [0.2, 0.25) is 0 Å². The Hall–Kier alpha value is -3.66. The molecule has 2 amide bonds. The number of rotatable bonds is 14. The van der Waals surface area contributed by atoms with E-state index >= 15 is 13.2 Å². The van der Waals surface area contributed by atoms with Crippen molar-refractivity contribution in [1.82, 2.24) is 24.9 Å². The maximum Gasteiger partial charge on any atom is 0.407 e. The van der Waals surface area contributed by atoms with Gasteiger partial charge < -0.3 is 24.8 Å². The van der Waals surface area contributed by atoms with Crippen LogP contribution in [0.25, 0.3) is 0 Å². The van der Waals surface area contributed by atoms with E-state index in [1.807, 2.05) is 12.1 Å². The van der Waals surface area contributed by atoms with E-state index in [9.17, 15) is 18.0 Å². The number of halogens is 3. The van der Waals surface area contributed by atoms with Crippen molar-refractivity contribution in [3.05, 3.63) is 71.8 Å². The van der Waals surface area contributed by atoms with E-state index in [1.165, 1.54) is 42.7 Å². The Labute approximate surface area is 353 Å². The van der Waals surface area contributed by atoms with Crippen molar-refractivity contribution in [2.75, 3.05) is 97.1 Å². The highest BCUT2D eigenvalue weighted by Crippen LogP contribution is 2.52. The highest BCUT2D eigenvalue weighted by Gasteiger charge is 2.54. The predicted octanol–water partition coefficient (Wildman–Crippen LogP) is 5.40. The summed E-state index contributed by atoms with van der Waals surface area (Å²) < 4.78 is 78.7. The van der Waals surface area contributed by atoms with E-state index in [1.54, 1.807) is 17.0 Å².